The molecule has 0 N–H and O–H groups in total. The fourth-order valence-electron chi connectivity index (χ4n) is 1.29. The lowest BCUT2D eigenvalue weighted by Gasteiger charge is -2.08. The van der Waals surface area contributed by atoms with Crippen LogP contribution in [0.5, 0.6) is 0 Å². The Morgan fingerprint density at radius 2 is 2.19 bits per heavy atom. The lowest BCUT2D eigenvalue weighted by Crippen LogP contribution is -2.23. The van der Waals surface area contributed by atoms with Crippen LogP contribution >= 0.6 is 0 Å². The van der Waals surface area contributed by atoms with Crippen LogP contribution in [0.2, 0.25) is 0 Å². The number of Topliss-reactive ketones (excluding diaryl/α,β-unsaturated/α-hetero) is 1. The highest BCUT2D eigenvalue weighted by molar-refractivity contribution is 5.98. The number of rotatable bonds is 4. The molecule has 0 fully saturated rings. The molecular formula is C9H12F3N3O. The molecule has 0 bridgehead atoms. The Kier molecular flexibility index (Phi) is 3.66. The van der Waals surface area contributed by atoms with Crippen LogP contribution < -0.4 is 0 Å². The average molecular weight is 235 g/mol. The first-order chi connectivity index (χ1) is 7.36. The summed E-state index contributed by atoms with van der Waals surface area (Å²) in [4.78, 5) is 10.8. The maximum atomic E-state index is 12.1. The lowest BCUT2D eigenvalue weighted by atomic mass is 10.2. The lowest BCUT2D eigenvalue weighted by molar-refractivity contribution is -0.0888. The van der Waals surface area contributed by atoms with Crippen LogP contribution in [0.25, 0.3) is 0 Å². The summed E-state index contributed by atoms with van der Waals surface area (Å²) >= 11 is 0. The topological polar surface area (TPSA) is 47.8 Å². The number of hydrogen-bond donors (Lipinski definition) is 0. The zero-order chi connectivity index (χ0) is 12.3. The Morgan fingerprint density at radius 1 is 1.56 bits per heavy atom. The number of nitrogens with zero attached hydrogens (tertiary/aromatic N) is 3. The molecule has 0 aliphatic heterocycles. The molecule has 1 unspecified atom stereocenters. The molecule has 0 amide bonds. The molecule has 0 saturated carbocycles. The van der Waals surface area contributed by atoms with Crippen LogP contribution in [-0.4, -0.2) is 27.0 Å². The third-order valence-corrected chi connectivity index (χ3v) is 2.16. The first-order valence-electron chi connectivity index (χ1n) is 4.89. The molecule has 4 nitrogen and oxygen atoms in total. The number of carbonyl (C=O) groups excluding carboxylic acids is 1. The van der Waals surface area contributed by atoms with E-state index in [1.54, 1.807) is 6.92 Å². The molecule has 16 heavy (non-hydrogen) atoms. The summed E-state index contributed by atoms with van der Waals surface area (Å²) in [6.45, 7) is 3.76. The van der Waals surface area contributed by atoms with Gasteiger partial charge in [-0.1, -0.05) is 18.6 Å². The maximum Gasteiger partial charge on any atom is 0.456 e. The van der Waals surface area contributed by atoms with Crippen LogP contribution in [0.1, 0.15) is 43.2 Å². The van der Waals surface area contributed by atoms with Gasteiger partial charge in [-0.2, -0.15) is 13.2 Å². The monoisotopic (exact) mass is 235 g/mol. The van der Waals surface area contributed by atoms with Crippen LogP contribution in [0.15, 0.2) is 6.20 Å². The minimum Gasteiger partial charge on any atom is -0.282 e. The zero-order valence-electron chi connectivity index (χ0n) is 8.95. The van der Waals surface area contributed by atoms with Crippen molar-refractivity contribution in [3.63, 3.8) is 0 Å². The second-order valence-electron chi connectivity index (χ2n) is 3.55. The van der Waals surface area contributed by atoms with Crippen molar-refractivity contribution in [3.05, 3.63) is 11.9 Å². The van der Waals surface area contributed by atoms with Crippen molar-refractivity contribution in [1.29, 1.82) is 0 Å². The van der Waals surface area contributed by atoms with Gasteiger partial charge in [0.05, 0.1) is 12.2 Å². The van der Waals surface area contributed by atoms with Gasteiger partial charge in [0.1, 0.15) is 0 Å². The number of halogens is 3. The van der Waals surface area contributed by atoms with Crippen molar-refractivity contribution in [2.24, 2.45) is 0 Å². The minimum absolute atomic E-state index is 0.0627. The summed E-state index contributed by atoms with van der Waals surface area (Å²) in [6.07, 6.45) is -2.21. The number of hydrogen-bond acceptors (Lipinski definition) is 3. The van der Waals surface area contributed by atoms with E-state index in [2.05, 4.69) is 10.3 Å². The van der Waals surface area contributed by atoms with E-state index >= 15 is 0 Å². The van der Waals surface area contributed by atoms with E-state index in [-0.39, 0.29) is 6.04 Å². The summed E-state index contributed by atoms with van der Waals surface area (Å²) in [5, 5.41) is 6.74. The third-order valence-electron chi connectivity index (χ3n) is 2.16. The molecule has 1 aromatic heterocycles. The molecule has 1 heterocycles. The molecule has 0 radical (unpaired) electrons. The second kappa shape index (κ2) is 4.63. The fraction of sp³-hybridized carbons (Fsp3) is 0.667. The van der Waals surface area contributed by atoms with Gasteiger partial charge in [-0.3, -0.25) is 4.79 Å². The van der Waals surface area contributed by atoms with Gasteiger partial charge in [0.25, 0.3) is 5.78 Å². The van der Waals surface area contributed by atoms with Crippen molar-refractivity contribution in [3.8, 4) is 0 Å². The van der Waals surface area contributed by atoms with Crippen molar-refractivity contribution in [2.75, 3.05) is 0 Å². The van der Waals surface area contributed by atoms with Gasteiger partial charge in [-0.15, -0.1) is 5.10 Å². The maximum absolute atomic E-state index is 12.1. The zero-order valence-corrected chi connectivity index (χ0v) is 8.95. The van der Waals surface area contributed by atoms with Gasteiger partial charge < -0.3 is 0 Å². The summed E-state index contributed by atoms with van der Waals surface area (Å²) in [5.74, 6) is -1.96. The number of aromatic nitrogens is 3. The third kappa shape index (κ3) is 2.80. The Labute approximate surface area is 90.4 Å². The highest BCUT2D eigenvalue weighted by atomic mass is 19.4. The molecule has 0 aliphatic rings. The largest absolute Gasteiger partial charge is 0.456 e. The molecule has 7 heteroatoms. The van der Waals surface area contributed by atoms with Crippen molar-refractivity contribution in [1.82, 2.24) is 15.0 Å². The van der Waals surface area contributed by atoms with Crippen LogP contribution in [-0.2, 0) is 0 Å². The van der Waals surface area contributed by atoms with E-state index in [1.807, 2.05) is 6.92 Å². The van der Waals surface area contributed by atoms with E-state index in [4.69, 9.17) is 0 Å². The van der Waals surface area contributed by atoms with Crippen LogP contribution in [0.3, 0.4) is 0 Å². The normalized spacial score (nSPS) is 13.8. The summed E-state index contributed by atoms with van der Waals surface area (Å²) in [6, 6.07) is -0.0627. The SMILES string of the molecule is CCCC(C)n1cc(C(=O)C(F)(F)F)nn1. The molecule has 0 aromatic carbocycles. The van der Waals surface area contributed by atoms with E-state index in [1.165, 1.54) is 4.68 Å². The van der Waals surface area contributed by atoms with E-state index in [9.17, 15) is 18.0 Å². The Morgan fingerprint density at radius 3 is 2.69 bits per heavy atom. The molecule has 0 saturated heterocycles. The highest BCUT2D eigenvalue weighted by Crippen LogP contribution is 2.21. The van der Waals surface area contributed by atoms with E-state index in [0.717, 1.165) is 19.0 Å². The first kappa shape index (κ1) is 12.7. The summed E-state index contributed by atoms with van der Waals surface area (Å²) < 4.78 is 37.5. The molecule has 1 aromatic rings. The molecule has 90 valence electrons. The number of alkyl halides is 3. The van der Waals surface area contributed by atoms with Crippen molar-refractivity contribution < 1.29 is 18.0 Å². The van der Waals surface area contributed by atoms with Gasteiger partial charge in [0, 0.05) is 0 Å². The second-order valence-corrected chi connectivity index (χ2v) is 3.55. The first-order valence-corrected chi connectivity index (χ1v) is 4.89. The molecule has 0 spiro atoms. The molecule has 1 atom stereocenters. The van der Waals surface area contributed by atoms with E-state index < -0.39 is 17.7 Å². The Hall–Kier alpha value is -1.40. The minimum atomic E-state index is -4.89. The highest BCUT2D eigenvalue weighted by Gasteiger charge is 2.41. The van der Waals surface area contributed by atoms with Gasteiger partial charge in [0.15, 0.2) is 5.69 Å². The number of ketones is 1. The number of carbonyl (C=O) groups is 1. The van der Waals surface area contributed by atoms with Crippen LogP contribution in [0, 0.1) is 0 Å². The molecular weight excluding hydrogens is 223 g/mol. The van der Waals surface area contributed by atoms with Gasteiger partial charge in [0.2, 0.25) is 0 Å². The van der Waals surface area contributed by atoms with Crippen molar-refractivity contribution in [2.45, 2.75) is 38.9 Å². The Bertz CT molecular complexity index is 372. The summed E-state index contributed by atoms with van der Waals surface area (Å²) in [7, 11) is 0. The van der Waals surface area contributed by atoms with Crippen LogP contribution in [0.4, 0.5) is 13.2 Å². The van der Waals surface area contributed by atoms with Gasteiger partial charge in [-0.25, -0.2) is 4.68 Å². The Balaban J connectivity index is 2.83. The molecule has 0 aliphatic carbocycles. The average Bonchev–Trinajstić information content (AvgIpc) is 2.64. The summed E-state index contributed by atoms with van der Waals surface area (Å²) in [5.41, 5.74) is -0.657. The predicted molar refractivity (Wildman–Crippen MR) is 50.0 cm³/mol. The van der Waals surface area contributed by atoms with Gasteiger partial charge in [-0.05, 0) is 13.3 Å². The fourth-order valence-corrected chi connectivity index (χ4v) is 1.29. The smallest absolute Gasteiger partial charge is 0.282 e. The predicted octanol–water partition coefficient (Wildman–Crippen LogP) is 2.38. The quantitative estimate of drug-likeness (QED) is 0.753. The standard InChI is InChI=1S/C9H12F3N3O/c1-3-4-6(2)15-5-7(13-14-15)8(16)9(10,11)12/h5-6H,3-4H2,1-2H3. The van der Waals surface area contributed by atoms with Gasteiger partial charge >= 0.3 is 6.18 Å². The van der Waals surface area contributed by atoms with Crippen molar-refractivity contribution >= 4 is 5.78 Å². The molecule has 1 rings (SSSR count). The van der Waals surface area contributed by atoms with E-state index in [0.29, 0.717) is 0 Å².